The van der Waals surface area contributed by atoms with Gasteiger partial charge in [-0.15, -0.1) is 0 Å². The number of nitriles is 2. The van der Waals surface area contributed by atoms with Crippen LogP contribution < -0.4 is 5.73 Å². The molecule has 0 bridgehead atoms. The van der Waals surface area contributed by atoms with Crippen molar-refractivity contribution in [2.24, 2.45) is 10.7 Å². The van der Waals surface area contributed by atoms with E-state index in [1.54, 1.807) is 36.4 Å². The van der Waals surface area contributed by atoms with Crippen molar-refractivity contribution in [3.63, 3.8) is 0 Å². The molecule has 21 heavy (non-hydrogen) atoms. The molecular weight excluding hydrogens is 270 g/mol. The summed E-state index contributed by atoms with van der Waals surface area (Å²) in [6.45, 7) is 0. The van der Waals surface area contributed by atoms with Gasteiger partial charge in [0, 0.05) is 5.56 Å². The highest BCUT2D eigenvalue weighted by atomic mass is 16.5. The van der Waals surface area contributed by atoms with Gasteiger partial charge in [-0.2, -0.15) is 10.5 Å². The van der Waals surface area contributed by atoms with Crippen LogP contribution in [0.5, 0.6) is 5.95 Å². The topological polar surface area (TPSA) is 132 Å². The summed E-state index contributed by atoms with van der Waals surface area (Å²) in [5.74, 6) is -0.226. The highest BCUT2D eigenvalue weighted by Gasteiger charge is 2.12. The molecule has 0 aliphatic rings. The van der Waals surface area contributed by atoms with E-state index in [4.69, 9.17) is 20.7 Å². The Hall–Kier alpha value is -3.58. The summed E-state index contributed by atoms with van der Waals surface area (Å²) in [4.78, 5) is 7.76. The van der Waals surface area contributed by atoms with Crippen LogP contribution in [0.1, 0.15) is 5.69 Å². The van der Waals surface area contributed by atoms with Crippen molar-refractivity contribution in [2.45, 2.75) is 0 Å². The maximum absolute atomic E-state index is 9.66. The zero-order valence-corrected chi connectivity index (χ0v) is 10.7. The molecule has 0 saturated heterocycles. The predicted molar refractivity (Wildman–Crippen MR) is 73.6 cm³/mol. The van der Waals surface area contributed by atoms with Crippen LogP contribution in [0.4, 0.5) is 0 Å². The molecule has 0 fully saturated rings. The molecule has 0 radical (unpaired) electrons. The molecule has 1 aromatic heterocycles. The van der Waals surface area contributed by atoms with Crippen molar-refractivity contribution in [1.82, 2.24) is 4.98 Å². The second-order valence-electron chi connectivity index (χ2n) is 3.82. The van der Waals surface area contributed by atoms with Crippen molar-refractivity contribution >= 4 is 6.21 Å². The minimum absolute atomic E-state index is 0.0346. The largest absolute Gasteiger partial charge is 0.479 e. The number of benzene rings is 1. The molecule has 2 aromatic rings. The van der Waals surface area contributed by atoms with Crippen molar-refractivity contribution in [2.75, 3.05) is 0 Å². The summed E-state index contributed by atoms with van der Waals surface area (Å²) < 4.78 is 5.11. The first-order valence-electron chi connectivity index (χ1n) is 5.75. The quantitative estimate of drug-likeness (QED) is 0.648. The Kier molecular flexibility index (Phi) is 3.98. The molecule has 0 amide bonds. The second-order valence-corrected chi connectivity index (χ2v) is 3.82. The third-order valence-electron chi connectivity index (χ3n) is 2.45. The average Bonchev–Trinajstić information content (AvgIpc) is 2.89. The van der Waals surface area contributed by atoms with Gasteiger partial charge in [0.2, 0.25) is 5.89 Å². The first-order chi connectivity index (χ1) is 10.2. The van der Waals surface area contributed by atoms with E-state index in [2.05, 4.69) is 9.98 Å². The van der Waals surface area contributed by atoms with Crippen LogP contribution >= 0.6 is 0 Å². The molecular formula is C14H9N5O2. The highest BCUT2D eigenvalue weighted by molar-refractivity contribution is 5.82. The van der Waals surface area contributed by atoms with E-state index >= 15 is 0 Å². The Bertz CT molecular complexity index is 791. The van der Waals surface area contributed by atoms with Gasteiger partial charge in [-0.25, -0.2) is 9.98 Å². The van der Waals surface area contributed by atoms with Crippen LogP contribution in [0.15, 0.2) is 51.1 Å². The van der Waals surface area contributed by atoms with Gasteiger partial charge in [0.1, 0.15) is 17.8 Å². The fourth-order valence-corrected chi connectivity index (χ4v) is 1.45. The predicted octanol–water partition coefficient (Wildman–Crippen LogP) is 1.68. The van der Waals surface area contributed by atoms with Crippen molar-refractivity contribution in [1.29, 1.82) is 10.5 Å². The first-order valence-corrected chi connectivity index (χ1v) is 5.75. The zero-order valence-electron chi connectivity index (χ0n) is 10.7. The number of oxazole rings is 1. The van der Waals surface area contributed by atoms with Crippen LogP contribution in [0, 0.1) is 22.7 Å². The third kappa shape index (κ3) is 3.06. The Morgan fingerprint density at radius 1 is 1.29 bits per heavy atom. The van der Waals surface area contributed by atoms with Crippen LogP contribution in [-0.2, 0) is 0 Å². The Morgan fingerprint density at radius 3 is 2.62 bits per heavy atom. The maximum Gasteiger partial charge on any atom is 0.312 e. The molecule has 0 atom stereocenters. The minimum atomic E-state index is -0.439. The molecule has 102 valence electrons. The molecule has 0 unspecified atom stereocenters. The smallest absolute Gasteiger partial charge is 0.312 e. The Balaban J connectivity index is 2.34. The monoisotopic (exact) mass is 279 g/mol. The van der Waals surface area contributed by atoms with Gasteiger partial charge in [0.25, 0.3) is 0 Å². The number of aromatic nitrogens is 1. The number of allylic oxidation sites excluding steroid dienone is 2. The van der Waals surface area contributed by atoms with Gasteiger partial charge >= 0.3 is 5.95 Å². The number of rotatable bonds is 3. The van der Waals surface area contributed by atoms with Gasteiger partial charge in [-0.3, -0.25) is 0 Å². The number of aliphatic imine (C=N–C) groups is 1. The van der Waals surface area contributed by atoms with E-state index in [-0.39, 0.29) is 23.0 Å². The molecule has 0 spiro atoms. The molecule has 3 N–H and O–H groups in total. The summed E-state index contributed by atoms with van der Waals surface area (Å²) in [7, 11) is 0. The fraction of sp³-hybridized carbons (Fsp3) is 0. The highest BCUT2D eigenvalue weighted by Crippen LogP contribution is 2.25. The van der Waals surface area contributed by atoms with Crippen LogP contribution in [-0.4, -0.2) is 16.3 Å². The summed E-state index contributed by atoms with van der Waals surface area (Å²) in [5.41, 5.74) is 5.44. The lowest BCUT2D eigenvalue weighted by atomic mass is 10.2. The zero-order chi connectivity index (χ0) is 15.2. The molecule has 7 nitrogen and oxygen atoms in total. The standard InChI is InChI=1S/C14H9N5O2/c15-6-10(17)11(7-16)18-8-12-14(20)21-13(19-12)9-4-2-1-3-5-9/h1-5,8,20H,17H2/b11-10-,18-8?. The second kappa shape index (κ2) is 6.04. The molecule has 0 aliphatic heterocycles. The third-order valence-corrected chi connectivity index (χ3v) is 2.45. The van der Waals surface area contributed by atoms with E-state index in [9.17, 15) is 5.11 Å². The lowest BCUT2D eigenvalue weighted by Crippen LogP contribution is -1.97. The number of nitrogens with two attached hydrogens (primary N) is 1. The van der Waals surface area contributed by atoms with Gasteiger partial charge in [-0.1, -0.05) is 18.2 Å². The maximum atomic E-state index is 9.66. The molecule has 7 heteroatoms. The number of nitrogens with zero attached hydrogens (tertiary/aromatic N) is 4. The Morgan fingerprint density at radius 2 is 2.00 bits per heavy atom. The molecule has 1 heterocycles. The van der Waals surface area contributed by atoms with Gasteiger partial charge in [0.15, 0.2) is 11.4 Å². The van der Waals surface area contributed by atoms with Crippen LogP contribution in [0.25, 0.3) is 11.5 Å². The van der Waals surface area contributed by atoms with Gasteiger partial charge in [-0.05, 0) is 12.1 Å². The van der Waals surface area contributed by atoms with E-state index < -0.39 is 5.95 Å². The molecule has 0 aliphatic carbocycles. The lowest BCUT2D eigenvalue weighted by Gasteiger charge is -1.91. The SMILES string of the molecule is N#C/C(N)=C(\C#N)N=Cc1nc(-c2ccccc2)oc1O. The van der Waals surface area contributed by atoms with Crippen LogP contribution in [0.3, 0.4) is 0 Å². The van der Waals surface area contributed by atoms with E-state index in [0.29, 0.717) is 5.56 Å². The van der Waals surface area contributed by atoms with E-state index in [1.807, 2.05) is 6.07 Å². The number of hydrogen-bond donors (Lipinski definition) is 2. The summed E-state index contributed by atoms with van der Waals surface area (Å²) >= 11 is 0. The van der Waals surface area contributed by atoms with Crippen LogP contribution in [0.2, 0.25) is 0 Å². The number of hydrogen-bond acceptors (Lipinski definition) is 7. The first kappa shape index (κ1) is 13.8. The van der Waals surface area contributed by atoms with E-state index in [1.165, 1.54) is 0 Å². The van der Waals surface area contributed by atoms with Gasteiger partial charge in [0.05, 0.1) is 6.21 Å². The van der Waals surface area contributed by atoms with Crippen molar-refractivity contribution < 1.29 is 9.52 Å². The van der Waals surface area contributed by atoms with Crippen molar-refractivity contribution in [3.05, 3.63) is 47.4 Å². The Labute approximate surface area is 119 Å². The fourth-order valence-electron chi connectivity index (χ4n) is 1.45. The van der Waals surface area contributed by atoms with Gasteiger partial charge < -0.3 is 15.3 Å². The number of aromatic hydroxyl groups is 1. The summed E-state index contributed by atoms with van der Waals surface area (Å²) in [5, 5.41) is 27.1. The normalized spacial score (nSPS) is 11.7. The molecule has 1 aromatic carbocycles. The molecule has 2 rings (SSSR count). The summed E-state index contributed by atoms with van der Waals surface area (Å²) in [6, 6.07) is 12.3. The van der Waals surface area contributed by atoms with Crippen molar-refractivity contribution in [3.8, 4) is 29.5 Å². The summed E-state index contributed by atoms with van der Waals surface area (Å²) in [6.07, 6.45) is 1.11. The minimum Gasteiger partial charge on any atom is -0.479 e. The van der Waals surface area contributed by atoms with E-state index in [0.717, 1.165) is 6.21 Å². The lowest BCUT2D eigenvalue weighted by molar-refractivity contribution is 0.337. The average molecular weight is 279 g/mol. The molecule has 0 saturated carbocycles.